The van der Waals surface area contributed by atoms with Crippen LogP contribution in [0.3, 0.4) is 0 Å². The fourth-order valence-corrected chi connectivity index (χ4v) is 1.21. The number of benzene rings is 1. The van der Waals surface area contributed by atoms with Crippen LogP contribution in [-0.4, -0.2) is 16.6 Å². The standard InChI is InChI=1S/C9H10N2O2/c10-5-4-8-11-6-2-1-3-7(12)9(6)13-8/h1-3,12H,4-5,10H2. The lowest BCUT2D eigenvalue weighted by Gasteiger charge is -1.89. The highest BCUT2D eigenvalue weighted by Crippen LogP contribution is 2.24. The molecule has 4 heteroatoms. The maximum absolute atomic E-state index is 9.39. The molecule has 0 aliphatic heterocycles. The Morgan fingerprint density at radius 1 is 1.46 bits per heavy atom. The first-order valence-corrected chi connectivity index (χ1v) is 4.08. The van der Waals surface area contributed by atoms with Crippen molar-refractivity contribution < 1.29 is 9.52 Å². The minimum Gasteiger partial charge on any atom is -0.504 e. The molecule has 0 bridgehead atoms. The van der Waals surface area contributed by atoms with Crippen LogP contribution >= 0.6 is 0 Å². The first-order valence-electron chi connectivity index (χ1n) is 4.08. The summed E-state index contributed by atoms with van der Waals surface area (Å²) in [7, 11) is 0. The summed E-state index contributed by atoms with van der Waals surface area (Å²) in [6, 6.07) is 5.09. The summed E-state index contributed by atoms with van der Waals surface area (Å²) in [4.78, 5) is 4.16. The Balaban J connectivity index is 2.55. The molecule has 0 fully saturated rings. The van der Waals surface area contributed by atoms with Crippen LogP contribution in [0.25, 0.3) is 11.1 Å². The van der Waals surface area contributed by atoms with Crippen molar-refractivity contribution >= 4 is 11.1 Å². The number of nitrogens with zero attached hydrogens (tertiary/aromatic N) is 1. The molecule has 1 aromatic heterocycles. The zero-order chi connectivity index (χ0) is 9.26. The lowest BCUT2D eigenvalue weighted by molar-refractivity contribution is 0.455. The van der Waals surface area contributed by atoms with E-state index < -0.39 is 0 Å². The summed E-state index contributed by atoms with van der Waals surface area (Å²) < 4.78 is 5.30. The number of para-hydroxylation sites is 1. The number of phenolic OH excluding ortho intramolecular Hbond substituents is 1. The Labute approximate surface area is 75.0 Å². The number of rotatable bonds is 2. The van der Waals surface area contributed by atoms with Crippen molar-refractivity contribution in [3.05, 3.63) is 24.1 Å². The third-order valence-electron chi connectivity index (χ3n) is 1.80. The monoisotopic (exact) mass is 178 g/mol. The summed E-state index contributed by atoms with van der Waals surface area (Å²) in [5.74, 6) is 0.687. The third kappa shape index (κ3) is 1.36. The van der Waals surface area contributed by atoms with Crippen LogP contribution in [0.4, 0.5) is 0 Å². The Morgan fingerprint density at radius 2 is 2.31 bits per heavy atom. The fraction of sp³-hybridized carbons (Fsp3) is 0.222. The molecule has 0 saturated carbocycles. The maximum atomic E-state index is 9.39. The zero-order valence-corrected chi connectivity index (χ0v) is 7.03. The molecule has 3 N–H and O–H groups in total. The molecule has 1 aromatic carbocycles. The van der Waals surface area contributed by atoms with E-state index in [1.807, 2.05) is 0 Å². The first-order chi connectivity index (χ1) is 6.31. The van der Waals surface area contributed by atoms with Gasteiger partial charge in [-0.25, -0.2) is 4.98 Å². The molecule has 0 unspecified atom stereocenters. The van der Waals surface area contributed by atoms with Crippen molar-refractivity contribution in [2.45, 2.75) is 6.42 Å². The molecule has 0 spiro atoms. The van der Waals surface area contributed by atoms with Gasteiger partial charge in [0.1, 0.15) is 5.52 Å². The van der Waals surface area contributed by atoms with Gasteiger partial charge >= 0.3 is 0 Å². The van der Waals surface area contributed by atoms with Crippen LogP contribution in [0.5, 0.6) is 5.75 Å². The van der Waals surface area contributed by atoms with Crippen LogP contribution < -0.4 is 5.73 Å². The Bertz CT molecular complexity index is 422. The summed E-state index contributed by atoms with van der Waals surface area (Å²) in [5, 5.41) is 9.39. The molecule has 0 aliphatic rings. The Morgan fingerprint density at radius 3 is 3.00 bits per heavy atom. The highest BCUT2D eigenvalue weighted by Gasteiger charge is 2.07. The van der Waals surface area contributed by atoms with Gasteiger partial charge in [0.05, 0.1) is 0 Å². The Hall–Kier alpha value is -1.55. The van der Waals surface area contributed by atoms with Crippen LogP contribution in [0.15, 0.2) is 22.6 Å². The molecule has 0 radical (unpaired) electrons. The van der Waals surface area contributed by atoms with Gasteiger partial charge in [0, 0.05) is 13.0 Å². The maximum Gasteiger partial charge on any atom is 0.196 e. The SMILES string of the molecule is NCCc1nc2cccc(O)c2o1. The summed E-state index contributed by atoms with van der Waals surface area (Å²) in [5.41, 5.74) is 6.46. The second-order valence-electron chi connectivity index (χ2n) is 2.77. The molecule has 0 amide bonds. The lowest BCUT2D eigenvalue weighted by atomic mass is 10.3. The van der Waals surface area contributed by atoms with E-state index in [1.165, 1.54) is 0 Å². The van der Waals surface area contributed by atoms with Crippen molar-refractivity contribution in [2.75, 3.05) is 6.54 Å². The van der Waals surface area contributed by atoms with E-state index in [2.05, 4.69) is 4.98 Å². The zero-order valence-electron chi connectivity index (χ0n) is 7.03. The molecule has 4 nitrogen and oxygen atoms in total. The molecule has 68 valence electrons. The molecule has 2 aromatic rings. The second kappa shape index (κ2) is 3.06. The van der Waals surface area contributed by atoms with Gasteiger partial charge in [-0.1, -0.05) is 6.07 Å². The van der Waals surface area contributed by atoms with E-state index in [0.717, 1.165) is 0 Å². The average Bonchev–Trinajstić information content (AvgIpc) is 2.49. The molecule has 0 saturated heterocycles. The van der Waals surface area contributed by atoms with Gasteiger partial charge in [-0.05, 0) is 12.1 Å². The average molecular weight is 178 g/mol. The quantitative estimate of drug-likeness (QED) is 0.720. The van der Waals surface area contributed by atoms with Gasteiger partial charge in [0.15, 0.2) is 17.2 Å². The van der Waals surface area contributed by atoms with Gasteiger partial charge in [-0.3, -0.25) is 0 Å². The van der Waals surface area contributed by atoms with Crippen molar-refractivity contribution in [1.82, 2.24) is 4.98 Å². The number of nitrogens with two attached hydrogens (primary N) is 1. The smallest absolute Gasteiger partial charge is 0.196 e. The minimum atomic E-state index is 0.119. The number of aromatic hydroxyl groups is 1. The highest BCUT2D eigenvalue weighted by molar-refractivity contribution is 5.78. The van der Waals surface area contributed by atoms with E-state index in [0.29, 0.717) is 30.0 Å². The molecule has 0 atom stereocenters. The number of fused-ring (bicyclic) bond motifs is 1. The Kier molecular flexibility index (Phi) is 1.90. The number of phenols is 1. The molecule has 1 heterocycles. The fourth-order valence-electron chi connectivity index (χ4n) is 1.21. The van der Waals surface area contributed by atoms with Crippen LogP contribution in [-0.2, 0) is 6.42 Å². The van der Waals surface area contributed by atoms with E-state index in [9.17, 15) is 5.11 Å². The van der Waals surface area contributed by atoms with Crippen molar-refractivity contribution in [1.29, 1.82) is 0 Å². The summed E-state index contributed by atoms with van der Waals surface area (Å²) >= 11 is 0. The van der Waals surface area contributed by atoms with Crippen LogP contribution in [0, 0.1) is 0 Å². The highest BCUT2D eigenvalue weighted by atomic mass is 16.4. The molecular weight excluding hydrogens is 168 g/mol. The number of aromatic nitrogens is 1. The van der Waals surface area contributed by atoms with Gasteiger partial charge in [0.2, 0.25) is 0 Å². The summed E-state index contributed by atoms with van der Waals surface area (Å²) in [6.45, 7) is 0.494. The number of hydrogen-bond donors (Lipinski definition) is 2. The predicted molar refractivity (Wildman–Crippen MR) is 48.4 cm³/mol. The van der Waals surface area contributed by atoms with Crippen molar-refractivity contribution in [3.63, 3.8) is 0 Å². The third-order valence-corrected chi connectivity index (χ3v) is 1.80. The van der Waals surface area contributed by atoms with Gasteiger partial charge in [-0.2, -0.15) is 0 Å². The van der Waals surface area contributed by atoms with E-state index >= 15 is 0 Å². The number of hydrogen-bond acceptors (Lipinski definition) is 4. The minimum absolute atomic E-state index is 0.119. The number of oxazole rings is 1. The molecular formula is C9H10N2O2. The van der Waals surface area contributed by atoms with Crippen LogP contribution in [0.1, 0.15) is 5.89 Å². The largest absolute Gasteiger partial charge is 0.504 e. The normalized spacial score (nSPS) is 10.8. The van der Waals surface area contributed by atoms with Gasteiger partial charge < -0.3 is 15.3 Å². The molecule has 0 aliphatic carbocycles. The van der Waals surface area contributed by atoms with Gasteiger partial charge in [0.25, 0.3) is 0 Å². The second-order valence-corrected chi connectivity index (χ2v) is 2.77. The van der Waals surface area contributed by atoms with E-state index in [4.69, 9.17) is 10.2 Å². The van der Waals surface area contributed by atoms with Crippen molar-refractivity contribution in [3.8, 4) is 5.75 Å². The molecule has 13 heavy (non-hydrogen) atoms. The van der Waals surface area contributed by atoms with Gasteiger partial charge in [-0.15, -0.1) is 0 Å². The predicted octanol–water partition coefficient (Wildman–Crippen LogP) is 1.03. The van der Waals surface area contributed by atoms with E-state index in [-0.39, 0.29) is 5.75 Å². The topological polar surface area (TPSA) is 72.3 Å². The molecule has 2 rings (SSSR count). The van der Waals surface area contributed by atoms with Crippen LogP contribution in [0.2, 0.25) is 0 Å². The van der Waals surface area contributed by atoms with Crippen molar-refractivity contribution in [2.24, 2.45) is 5.73 Å². The summed E-state index contributed by atoms with van der Waals surface area (Å²) in [6.07, 6.45) is 0.591. The lowest BCUT2D eigenvalue weighted by Crippen LogP contribution is -2.02. The van der Waals surface area contributed by atoms with E-state index in [1.54, 1.807) is 18.2 Å². The first kappa shape index (κ1) is 8.07.